The van der Waals surface area contributed by atoms with Gasteiger partial charge in [-0.15, -0.1) is 0 Å². The lowest BCUT2D eigenvalue weighted by Gasteiger charge is -2.41. The molecule has 0 aromatic heterocycles. The first-order valence-corrected chi connectivity index (χ1v) is 4.78. The van der Waals surface area contributed by atoms with E-state index in [9.17, 15) is 5.11 Å². The Kier molecular flexibility index (Phi) is 2.83. The van der Waals surface area contributed by atoms with Crippen molar-refractivity contribution in [3.05, 3.63) is 0 Å². The molecule has 0 atom stereocenters. The van der Waals surface area contributed by atoms with E-state index in [0.717, 1.165) is 12.8 Å². The Hall–Kier alpha value is -0.160. The highest BCUT2D eigenvalue weighted by molar-refractivity contribution is 4.78. The molecule has 0 aromatic carbocycles. The van der Waals surface area contributed by atoms with Gasteiger partial charge in [0.1, 0.15) is 0 Å². The van der Waals surface area contributed by atoms with E-state index in [0.29, 0.717) is 26.4 Å². The predicted molar refractivity (Wildman–Crippen MR) is 43.7 cm³/mol. The van der Waals surface area contributed by atoms with Gasteiger partial charge < -0.3 is 14.2 Å². The molecule has 13 heavy (non-hydrogen) atoms. The zero-order chi connectivity index (χ0) is 9.15. The molecule has 2 aliphatic heterocycles. The lowest BCUT2D eigenvalue weighted by molar-refractivity contribution is -0.310. The number of ether oxygens (including phenoxy) is 3. The molecule has 2 rings (SSSR count). The van der Waals surface area contributed by atoms with E-state index in [4.69, 9.17) is 14.2 Å². The van der Waals surface area contributed by atoms with Crippen LogP contribution in [-0.4, -0.2) is 38.8 Å². The van der Waals surface area contributed by atoms with Gasteiger partial charge in [0.05, 0.1) is 33.0 Å². The minimum atomic E-state index is -0.427. The summed E-state index contributed by atoms with van der Waals surface area (Å²) in [6.45, 7) is 2.38. The van der Waals surface area contributed by atoms with Gasteiger partial charge in [0.25, 0.3) is 0 Å². The Balaban J connectivity index is 1.87. The van der Waals surface area contributed by atoms with Crippen molar-refractivity contribution in [2.75, 3.05) is 33.0 Å². The highest BCUT2D eigenvalue weighted by Crippen LogP contribution is 2.30. The average Bonchev–Trinajstić information content (AvgIpc) is 2.20. The van der Waals surface area contributed by atoms with E-state index >= 15 is 0 Å². The zero-order valence-corrected chi connectivity index (χ0v) is 7.66. The van der Waals surface area contributed by atoms with Crippen LogP contribution in [0.3, 0.4) is 0 Å². The molecule has 4 nitrogen and oxygen atoms in total. The van der Waals surface area contributed by atoms with Crippen LogP contribution in [-0.2, 0) is 19.3 Å². The summed E-state index contributed by atoms with van der Waals surface area (Å²) in [5.74, 6) is -0.391. The molecule has 0 N–H and O–H groups in total. The molecule has 0 amide bonds. The van der Waals surface area contributed by atoms with E-state index in [1.54, 1.807) is 0 Å². The minimum absolute atomic E-state index is 0.0356. The third-order valence-corrected chi connectivity index (χ3v) is 2.65. The van der Waals surface area contributed by atoms with Crippen LogP contribution in [0.25, 0.3) is 0 Å². The first-order valence-electron chi connectivity index (χ1n) is 4.78. The molecule has 2 saturated heterocycles. The van der Waals surface area contributed by atoms with E-state index in [1.165, 1.54) is 0 Å². The SMILES string of the molecule is [O]CC1COC2(CCOCC2)OC1. The van der Waals surface area contributed by atoms with Gasteiger partial charge in [0.15, 0.2) is 5.79 Å². The monoisotopic (exact) mass is 187 g/mol. The first kappa shape index (κ1) is 9.40. The molecule has 2 aliphatic rings. The maximum atomic E-state index is 10.6. The van der Waals surface area contributed by atoms with Crippen molar-refractivity contribution in [3.63, 3.8) is 0 Å². The van der Waals surface area contributed by atoms with Crippen LogP contribution in [0.4, 0.5) is 0 Å². The van der Waals surface area contributed by atoms with E-state index < -0.39 is 5.79 Å². The van der Waals surface area contributed by atoms with Crippen LogP contribution in [0.5, 0.6) is 0 Å². The second-order valence-corrected chi connectivity index (χ2v) is 3.68. The molecule has 4 heteroatoms. The van der Waals surface area contributed by atoms with Crippen molar-refractivity contribution in [2.24, 2.45) is 5.92 Å². The molecular formula is C9H15O4. The Morgan fingerprint density at radius 1 is 1.15 bits per heavy atom. The highest BCUT2D eigenvalue weighted by Gasteiger charge is 2.39. The lowest BCUT2D eigenvalue weighted by atomic mass is 10.0. The maximum Gasteiger partial charge on any atom is 0.172 e. The molecule has 0 aromatic rings. The average molecular weight is 187 g/mol. The van der Waals surface area contributed by atoms with Crippen LogP contribution in [0.1, 0.15) is 12.8 Å². The van der Waals surface area contributed by atoms with Gasteiger partial charge in [-0.2, -0.15) is 0 Å². The summed E-state index contributed by atoms with van der Waals surface area (Å²) in [4.78, 5) is 0. The van der Waals surface area contributed by atoms with E-state index in [2.05, 4.69) is 0 Å². The summed E-state index contributed by atoms with van der Waals surface area (Å²) in [5, 5.41) is 10.6. The molecular weight excluding hydrogens is 172 g/mol. The second-order valence-electron chi connectivity index (χ2n) is 3.68. The molecule has 1 spiro atoms. The second kappa shape index (κ2) is 3.92. The fraction of sp³-hybridized carbons (Fsp3) is 1.00. The van der Waals surface area contributed by atoms with E-state index in [-0.39, 0.29) is 12.5 Å². The van der Waals surface area contributed by atoms with Crippen LogP contribution in [0.15, 0.2) is 0 Å². The van der Waals surface area contributed by atoms with Gasteiger partial charge in [-0.3, -0.25) is 0 Å². The Morgan fingerprint density at radius 2 is 1.77 bits per heavy atom. The molecule has 0 unspecified atom stereocenters. The van der Waals surface area contributed by atoms with Crippen LogP contribution >= 0.6 is 0 Å². The predicted octanol–water partition coefficient (Wildman–Crippen LogP) is 0.587. The molecule has 75 valence electrons. The van der Waals surface area contributed by atoms with E-state index in [1.807, 2.05) is 0 Å². The number of hydrogen-bond donors (Lipinski definition) is 0. The van der Waals surface area contributed by atoms with Crippen molar-refractivity contribution in [1.29, 1.82) is 0 Å². The fourth-order valence-electron chi connectivity index (χ4n) is 1.70. The molecule has 0 bridgehead atoms. The summed E-state index contributed by atoms with van der Waals surface area (Å²) < 4.78 is 16.4. The standard InChI is InChI=1S/C9H15O4/c10-5-8-6-12-9(13-7-8)1-3-11-4-2-9/h8H,1-7H2. The summed E-state index contributed by atoms with van der Waals surface area (Å²) in [5.41, 5.74) is 0. The third-order valence-electron chi connectivity index (χ3n) is 2.65. The summed E-state index contributed by atoms with van der Waals surface area (Å²) in [6, 6.07) is 0. The highest BCUT2D eigenvalue weighted by atomic mass is 16.7. The van der Waals surface area contributed by atoms with Crippen molar-refractivity contribution in [2.45, 2.75) is 18.6 Å². The topological polar surface area (TPSA) is 47.6 Å². The Bertz CT molecular complexity index is 155. The maximum absolute atomic E-state index is 10.6. The normalized spacial score (nSPS) is 29.3. The molecule has 1 radical (unpaired) electrons. The van der Waals surface area contributed by atoms with Crippen molar-refractivity contribution in [1.82, 2.24) is 0 Å². The van der Waals surface area contributed by atoms with Gasteiger partial charge in [-0.1, -0.05) is 0 Å². The molecule has 2 fully saturated rings. The van der Waals surface area contributed by atoms with Crippen LogP contribution in [0, 0.1) is 5.92 Å². The Labute approximate surface area is 77.8 Å². The van der Waals surface area contributed by atoms with Gasteiger partial charge in [-0.25, -0.2) is 5.11 Å². The summed E-state index contributed by atoms with van der Waals surface area (Å²) in [6.07, 6.45) is 1.58. The first-order chi connectivity index (χ1) is 6.35. The van der Waals surface area contributed by atoms with Gasteiger partial charge in [0.2, 0.25) is 0 Å². The van der Waals surface area contributed by atoms with Crippen LogP contribution < -0.4 is 0 Å². The molecule has 2 heterocycles. The number of hydrogen-bond acceptors (Lipinski definition) is 3. The quantitative estimate of drug-likeness (QED) is 0.603. The summed E-state index contributed by atoms with van der Waals surface area (Å²) >= 11 is 0. The lowest BCUT2D eigenvalue weighted by Crippen LogP contribution is -2.48. The van der Waals surface area contributed by atoms with Gasteiger partial charge in [-0.05, 0) is 0 Å². The minimum Gasteiger partial charge on any atom is -0.381 e. The van der Waals surface area contributed by atoms with Crippen molar-refractivity contribution < 1.29 is 19.3 Å². The van der Waals surface area contributed by atoms with Gasteiger partial charge >= 0.3 is 0 Å². The fourth-order valence-corrected chi connectivity index (χ4v) is 1.70. The summed E-state index contributed by atoms with van der Waals surface area (Å²) in [7, 11) is 0. The smallest absolute Gasteiger partial charge is 0.172 e. The van der Waals surface area contributed by atoms with Crippen LogP contribution in [0.2, 0.25) is 0 Å². The Morgan fingerprint density at radius 3 is 2.31 bits per heavy atom. The molecule has 0 saturated carbocycles. The molecule has 0 aliphatic carbocycles. The third kappa shape index (κ3) is 2.02. The van der Waals surface area contributed by atoms with Crippen molar-refractivity contribution >= 4 is 0 Å². The number of rotatable bonds is 1. The zero-order valence-electron chi connectivity index (χ0n) is 7.66. The largest absolute Gasteiger partial charge is 0.381 e. The van der Waals surface area contributed by atoms with Crippen molar-refractivity contribution in [3.8, 4) is 0 Å². The van der Waals surface area contributed by atoms with Gasteiger partial charge in [0, 0.05) is 18.8 Å².